The van der Waals surface area contributed by atoms with Gasteiger partial charge in [-0.25, -0.2) is 13.1 Å². The van der Waals surface area contributed by atoms with E-state index in [1.165, 1.54) is 13.1 Å². The highest BCUT2D eigenvalue weighted by Crippen LogP contribution is 2.36. The van der Waals surface area contributed by atoms with Crippen molar-refractivity contribution in [2.75, 3.05) is 7.05 Å². The molecular weight excluding hydrogens is 386 g/mol. The van der Waals surface area contributed by atoms with E-state index in [0.29, 0.717) is 27.8 Å². The Kier molecular flexibility index (Phi) is 4.67. The molecule has 1 aliphatic rings. The van der Waals surface area contributed by atoms with Crippen molar-refractivity contribution in [3.05, 3.63) is 59.2 Å². The van der Waals surface area contributed by atoms with Gasteiger partial charge in [0, 0.05) is 22.8 Å². The molecule has 2 aromatic carbocycles. The second-order valence-electron chi connectivity index (χ2n) is 6.27. The predicted molar refractivity (Wildman–Crippen MR) is 104 cm³/mol. The van der Waals surface area contributed by atoms with Crippen molar-refractivity contribution in [1.29, 1.82) is 0 Å². The number of nitrogens with one attached hydrogen (secondary N) is 1. The molecule has 0 amide bonds. The summed E-state index contributed by atoms with van der Waals surface area (Å²) in [4.78, 5) is 0.164. The zero-order chi connectivity index (χ0) is 19.0. The van der Waals surface area contributed by atoms with E-state index in [1.54, 1.807) is 36.4 Å². The van der Waals surface area contributed by atoms with Crippen LogP contribution in [0.1, 0.15) is 12.1 Å². The van der Waals surface area contributed by atoms with Crippen LogP contribution in [-0.4, -0.2) is 25.2 Å². The molecule has 1 N–H and O–H groups in total. The van der Waals surface area contributed by atoms with Crippen LogP contribution < -0.4 is 9.46 Å². The van der Waals surface area contributed by atoms with Crippen LogP contribution in [0.2, 0.25) is 5.02 Å². The summed E-state index contributed by atoms with van der Waals surface area (Å²) in [5.74, 6) is 1.14. The van der Waals surface area contributed by atoms with Gasteiger partial charge in [-0.3, -0.25) is 4.68 Å². The lowest BCUT2D eigenvalue weighted by atomic mass is 10.1. The number of ether oxygens (including phenoxy) is 1. The van der Waals surface area contributed by atoms with Gasteiger partial charge in [0.25, 0.3) is 0 Å². The first-order chi connectivity index (χ1) is 13.0. The molecule has 0 saturated carbocycles. The van der Waals surface area contributed by atoms with Gasteiger partial charge in [0.2, 0.25) is 10.0 Å². The average Bonchev–Trinajstić information content (AvgIpc) is 3.26. The Morgan fingerprint density at radius 1 is 1.15 bits per heavy atom. The van der Waals surface area contributed by atoms with Crippen molar-refractivity contribution in [1.82, 2.24) is 14.5 Å². The number of sulfonamides is 1. The number of benzene rings is 2. The number of nitrogens with zero attached hydrogens (tertiary/aromatic N) is 2. The van der Waals surface area contributed by atoms with E-state index in [4.69, 9.17) is 16.3 Å². The maximum atomic E-state index is 12.2. The standard InChI is InChI=1S/C19H18ClN3O3S/c1-21-27(24,25)16-8-9-19(26-15-6-4-13(20)5-7-15)17(12-16)18-11-14-3-2-10-23(14)22-18/h4-9,11-12,21H,2-3,10H2,1H3. The van der Waals surface area contributed by atoms with Crippen molar-refractivity contribution in [3.8, 4) is 22.8 Å². The van der Waals surface area contributed by atoms with Gasteiger partial charge in [0.05, 0.1) is 10.6 Å². The minimum absolute atomic E-state index is 0.164. The summed E-state index contributed by atoms with van der Waals surface area (Å²) in [5.41, 5.74) is 2.47. The minimum Gasteiger partial charge on any atom is -0.457 e. The van der Waals surface area contributed by atoms with E-state index in [0.717, 1.165) is 25.1 Å². The summed E-state index contributed by atoms with van der Waals surface area (Å²) in [7, 11) is -2.19. The minimum atomic E-state index is -3.58. The molecule has 0 radical (unpaired) electrons. The van der Waals surface area contributed by atoms with E-state index < -0.39 is 10.0 Å². The highest BCUT2D eigenvalue weighted by atomic mass is 35.5. The van der Waals surface area contributed by atoms with Gasteiger partial charge < -0.3 is 4.74 Å². The number of rotatable bonds is 5. The quantitative estimate of drug-likeness (QED) is 0.702. The molecule has 4 rings (SSSR count). The molecule has 8 heteroatoms. The predicted octanol–water partition coefficient (Wildman–Crippen LogP) is 3.85. The van der Waals surface area contributed by atoms with Gasteiger partial charge in [-0.1, -0.05) is 11.6 Å². The highest BCUT2D eigenvalue weighted by molar-refractivity contribution is 7.89. The van der Waals surface area contributed by atoms with Gasteiger partial charge in [-0.05, 0) is 68.4 Å². The number of fused-ring (bicyclic) bond motifs is 1. The topological polar surface area (TPSA) is 73.2 Å². The molecule has 0 bridgehead atoms. The molecule has 0 saturated heterocycles. The molecular formula is C19H18ClN3O3S. The summed E-state index contributed by atoms with van der Waals surface area (Å²) in [5, 5.41) is 5.24. The number of aryl methyl sites for hydroxylation is 2. The van der Waals surface area contributed by atoms with E-state index in [9.17, 15) is 8.42 Å². The van der Waals surface area contributed by atoms with Crippen molar-refractivity contribution >= 4 is 21.6 Å². The lowest BCUT2D eigenvalue weighted by Crippen LogP contribution is -2.18. The summed E-state index contributed by atoms with van der Waals surface area (Å²) >= 11 is 5.93. The zero-order valence-corrected chi connectivity index (χ0v) is 16.2. The molecule has 0 fully saturated rings. The fourth-order valence-corrected chi connectivity index (χ4v) is 3.99. The van der Waals surface area contributed by atoms with Gasteiger partial charge in [0.15, 0.2) is 0 Å². The average molecular weight is 404 g/mol. The third-order valence-corrected chi connectivity index (χ3v) is 6.18. The Morgan fingerprint density at radius 2 is 1.93 bits per heavy atom. The van der Waals surface area contributed by atoms with E-state index in [-0.39, 0.29) is 4.90 Å². The fourth-order valence-electron chi connectivity index (χ4n) is 3.10. The molecule has 6 nitrogen and oxygen atoms in total. The van der Waals surface area contributed by atoms with Gasteiger partial charge in [-0.2, -0.15) is 5.10 Å². The summed E-state index contributed by atoms with van der Waals surface area (Å²) in [6.45, 7) is 0.872. The second kappa shape index (κ2) is 6.99. The van der Waals surface area contributed by atoms with Crippen molar-refractivity contribution in [2.24, 2.45) is 0 Å². The second-order valence-corrected chi connectivity index (χ2v) is 8.59. The Morgan fingerprint density at radius 3 is 2.63 bits per heavy atom. The number of aromatic nitrogens is 2. The molecule has 1 aliphatic heterocycles. The molecule has 0 unspecified atom stereocenters. The molecule has 1 aromatic heterocycles. The van der Waals surface area contributed by atoms with Gasteiger partial charge in [0.1, 0.15) is 11.5 Å². The van der Waals surface area contributed by atoms with Crippen LogP contribution in [0.4, 0.5) is 0 Å². The lowest BCUT2D eigenvalue weighted by molar-refractivity contribution is 0.483. The van der Waals surface area contributed by atoms with Crippen molar-refractivity contribution in [3.63, 3.8) is 0 Å². The molecule has 0 atom stereocenters. The van der Waals surface area contributed by atoms with Crippen LogP contribution in [0.25, 0.3) is 11.3 Å². The van der Waals surface area contributed by atoms with Crippen LogP contribution in [0.5, 0.6) is 11.5 Å². The maximum absolute atomic E-state index is 12.2. The van der Waals surface area contributed by atoms with Crippen molar-refractivity contribution in [2.45, 2.75) is 24.3 Å². The maximum Gasteiger partial charge on any atom is 0.240 e. The molecule has 27 heavy (non-hydrogen) atoms. The third kappa shape index (κ3) is 3.58. The summed E-state index contributed by atoms with van der Waals surface area (Å²) < 4.78 is 34.8. The van der Waals surface area contributed by atoms with Crippen LogP contribution in [0, 0.1) is 0 Å². The monoisotopic (exact) mass is 403 g/mol. The highest BCUT2D eigenvalue weighted by Gasteiger charge is 2.20. The summed E-state index contributed by atoms with van der Waals surface area (Å²) in [6.07, 6.45) is 2.04. The van der Waals surface area contributed by atoms with Crippen LogP contribution in [-0.2, 0) is 23.0 Å². The molecule has 2 heterocycles. The Balaban J connectivity index is 1.80. The van der Waals surface area contributed by atoms with Crippen LogP contribution in [0.15, 0.2) is 53.4 Å². The Labute approximate surface area is 162 Å². The Bertz CT molecular complexity index is 1070. The first-order valence-electron chi connectivity index (χ1n) is 8.54. The normalized spacial score (nSPS) is 13.6. The van der Waals surface area contributed by atoms with Crippen LogP contribution in [0.3, 0.4) is 0 Å². The molecule has 0 aliphatic carbocycles. The Hall–Kier alpha value is -2.35. The first kappa shape index (κ1) is 18.0. The number of hydrogen-bond acceptors (Lipinski definition) is 4. The van der Waals surface area contributed by atoms with E-state index in [2.05, 4.69) is 9.82 Å². The SMILES string of the molecule is CNS(=O)(=O)c1ccc(Oc2ccc(Cl)cc2)c(-c2cc3n(n2)CCC3)c1. The van der Waals surface area contributed by atoms with Crippen molar-refractivity contribution < 1.29 is 13.2 Å². The number of halogens is 1. The van der Waals surface area contributed by atoms with Gasteiger partial charge >= 0.3 is 0 Å². The zero-order valence-electron chi connectivity index (χ0n) is 14.6. The third-order valence-electron chi connectivity index (χ3n) is 4.51. The van der Waals surface area contributed by atoms with E-state index >= 15 is 0 Å². The smallest absolute Gasteiger partial charge is 0.240 e. The first-order valence-corrected chi connectivity index (χ1v) is 10.4. The molecule has 0 spiro atoms. The lowest BCUT2D eigenvalue weighted by Gasteiger charge is -2.12. The molecule has 3 aromatic rings. The fraction of sp³-hybridized carbons (Fsp3) is 0.211. The van der Waals surface area contributed by atoms with Gasteiger partial charge in [-0.15, -0.1) is 0 Å². The molecule has 140 valence electrons. The number of hydrogen-bond donors (Lipinski definition) is 1. The van der Waals surface area contributed by atoms with Crippen LogP contribution >= 0.6 is 11.6 Å². The largest absolute Gasteiger partial charge is 0.457 e. The summed E-state index contributed by atoms with van der Waals surface area (Å²) in [6, 6.07) is 13.8. The van der Waals surface area contributed by atoms with E-state index in [1.807, 2.05) is 10.7 Å².